The summed E-state index contributed by atoms with van der Waals surface area (Å²) < 4.78 is 28.0. The predicted molar refractivity (Wildman–Crippen MR) is 121 cm³/mol. The maximum Gasteiger partial charge on any atom is 0.270 e. The van der Waals surface area contributed by atoms with Crippen LogP contribution in [0.4, 0.5) is 11.4 Å². The van der Waals surface area contributed by atoms with Crippen molar-refractivity contribution in [2.75, 3.05) is 16.7 Å². The van der Waals surface area contributed by atoms with E-state index >= 15 is 0 Å². The molecule has 152 valence electrons. The maximum absolute atomic E-state index is 13.4. The fourth-order valence-corrected chi connectivity index (χ4v) is 5.07. The van der Waals surface area contributed by atoms with Gasteiger partial charge in [0.15, 0.2) is 4.91 Å². The highest BCUT2D eigenvalue weighted by Crippen LogP contribution is 2.42. The molecular formula is C24H22N2O3S. The number of carbonyl (C=O) groups excluding carboxylic acids is 1. The second-order valence-electron chi connectivity index (χ2n) is 7.31. The van der Waals surface area contributed by atoms with E-state index in [0.717, 1.165) is 11.1 Å². The Hall–Kier alpha value is -3.38. The number of aryl methyl sites for hydroxylation is 2. The molecule has 1 aliphatic rings. The molecule has 0 aliphatic carbocycles. The van der Waals surface area contributed by atoms with Crippen molar-refractivity contribution in [2.24, 2.45) is 0 Å². The molecule has 0 saturated carbocycles. The second kappa shape index (κ2) is 7.46. The minimum Gasteiger partial charge on any atom is -0.321 e. The van der Waals surface area contributed by atoms with E-state index in [1.165, 1.54) is 11.4 Å². The molecule has 1 N–H and O–H groups in total. The van der Waals surface area contributed by atoms with Gasteiger partial charge in [-0.3, -0.25) is 9.10 Å². The zero-order valence-electron chi connectivity index (χ0n) is 17.0. The Morgan fingerprint density at radius 3 is 2.23 bits per heavy atom. The summed E-state index contributed by atoms with van der Waals surface area (Å²) in [5.74, 6) is -0.654. The van der Waals surface area contributed by atoms with Crippen molar-refractivity contribution in [1.29, 1.82) is 0 Å². The van der Waals surface area contributed by atoms with Crippen molar-refractivity contribution in [3.05, 3.63) is 100.0 Å². The molecule has 1 amide bonds. The molecule has 3 aromatic rings. The van der Waals surface area contributed by atoms with Crippen LogP contribution in [0.5, 0.6) is 0 Å². The third-order valence-electron chi connectivity index (χ3n) is 5.39. The van der Waals surface area contributed by atoms with E-state index in [1.54, 1.807) is 18.2 Å². The molecule has 1 aliphatic heterocycles. The molecule has 0 bridgehead atoms. The number of anilines is 2. The van der Waals surface area contributed by atoms with E-state index in [-0.39, 0.29) is 4.91 Å². The van der Waals surface area contributed by atoms with Crippen LogP contribution < -0.4 is 9.62 Å². The monoisotopic (exact) mass is 418 g/mol. The van der Waals surface area contributed by atoms with Gasteiger partial charge in [0.2, 0.25) is 0 Å². The number of hydrogen-bond acceptors (Lipinski definition) is 3. The van der Waals surface area contributed by atoms with Gasteiger partial charge in [-0.2, -0.15) is 0 Å². The summed E-state index contributed by atoms with van der Waals surface area (Å²) in [4.78, 5) is 13.1. The van der Waals surface area contributed by atoms with Gasteiger partial charge in [0.1, 0.15) is 0 Å². The number of rotatable bonds is 3. The number of benzene rings is 3. The van der Waals surface area contributed by atoms with E-state index < -0.39 is 15.9 Å². The molecule has 4 rings (SSSR count). The zero-order valence-corrected chi connectivity index (χ0v) is 17.8. The van der Waals surface area contributed by atoms with Crippen LogP contribution in [0.2, 0.25) is 0 Å². The molecule has 0 atom stereocenters. The van der Waals surface area contributed by atoms with Crippen LogP contribution in [0, 0.1) is 13.8 Å². The van der Waals surface area contributed by atoms with E-state index in [4.69, 9.17) is 0 Å². The molecular weight excluding hydrogens is 396 g/mol. The minimum atomic E-state index is -4.05. The van der Waals surface area contributed by atoms with Gasteiger partial charge in [0, 0.05) is 23.9 Å². The first-order chi connectivity index (χ1) is 14.3. The molecule has 0 aromatic heterocycles. The Bertz CT molecular complexity index is 1280. The average Bonchev–Trinajstić information content (AvgIpc) is 2.73. The lowest BCUT2D eigenvalue weighted by molar-refractivity contribution is -0.112. The first-order valence-electron chi connectivity index (χ1n) is 9.57. The number of carbonyl (C=O) groups is 1. The molecule has 0 fully saturated rings. The van der Waals surface area contributed by atoms with Crippen LogP contribution in [-0.4, -0.2) is 21.4 Å². The van der Waals surface area contributed by atoms with E-state index in [0.29, 0.717) is 28.1 Å². The molecule has 5 nitrogen and oxygen atoms in total. The van der Waals surface area contributed by atoms with Crippen LogP contribution in [-0.2, 0) is 14.8 Å². The van der Waals surface area contributed by atoms with Crippen molar-refractivity contribution in [3.8, 4) is 0 Å². The lowest BCUT2D eigenvalue weighted by Crippen LogP contribution is -2.37. The molecule has 1 heterocycles. The minimum absolute atomic E-state index is 0.256. The molecule has 0 radical (unpaired) electrons. The summed E-state index contributed by atoms with van der Waals surface area (Å²) >= 11 is 0. The van der Waals surface area contributed by atoms with Gasteiger partial charge in [-0.25, -0.2) is 8.42 Å². The highest BCUT2D eigenvalue weighted by atomic mass is 32.2. The highest BCUT2D eigenvalue weighted by Gasteiger charge is 2.39. The van der Waals surface area contributed by atoms with Crippen LogP contribution >= 0.6 is 0 Å². The molecule has 0 unspecified atom stereocenters. The van der Waals surface area contributed by atoms with Crippen LogP contribution in [0.3, 0.4) is 0 Å². The number of nitrogens with zero attached hydrogens (tertiary/aromatic N) is 1. The summed E-state index contributed by atoms with van der Waals surface area (Å²) in [6.45, 7) is 3.93. The SMILES string of the molecule is Cc1ccc(NC(=O)C2=C(c3ccccc3)c3ccccc3N(C)S2(=O)=O)cc1C. The first kappa shape index (κ1) is 19.9. The van der Waals surface area contributed by atoms with Crippen molar-refractivity contribution in [3.63, 3.8) is 0 Å². The fraction of sp³-hybridized carbons (Fsp3) is 0.125. The van der Waals surface area contributed by atoms with Crippen molar-refractivity contribution in [1.82, 2.24) is 0 Å². The van der Waals surface area contributed by atoms with Crippen molar-refractivity contribution >= 4 is 32.9 Å². The van der Waals surface area contributed by atoms with Crippen LogP contribution in [0.1, 0.15) is 22.3 Å². The van der Waals surface area contributed by atoms with Gasteiger partial charge >= 0.3 is 0 Å². The summed E-state index contributed by atoms with van der Waals surface area (Å²) in [5.41, 5.74) is 4.98. The Morgan fingerprint density at radius 2 is 1.53 bits per heavy atom. The zero-order chi connectivity index (χ0) is 21.5. The van der Waals surface area contributed by atoms with Gasteiger partial charge in [0.25, 0.3) is 15.9 Å². The normalized spacial score (nSPS) is 15.0. The van der Waals surface area contributed by atoms with Crippen LogP contribution in [0.25, 0.3) is 5.57 Å². The summed E-state index contributed by atoms with van der Waals surface area (Å²) in [6.07, 6.45) is 0. The molecule has 3 aromatic carbocycles. The third-order valence-corrected chi connectivity index (χ3v) is 7.21. The van der Waals surface area contributed by atoms with Gasteiger partial charge in [-0.05, 0) is 48.7 Å². The van der Waals surface area contributed by atoms with E-state index in [1.807, 2.05) is 68.4 Å². The topological polar surface area (TPSA) is 66.5 Å². The van der Waals surface area contributed by atoms with Crippen molar-refractivity contribution < 1.29 is 13.2 Å². The standard InChI is InChI=1S/C24H22N2O3S/c1-16-13-14-19(15-17(16)2)25-24(27)23-22(18-9-5-4-6-10-18)20-11-7-8-12-21(20)26(3)30(23,28)29/h4-15H,1-3H3,(H,25,27). The summed E-state index contributed by atoms with van der Waals surface area (Å²) in [7, 11) is -2.58. The fourth-order valence-electron chi connectivity index (χ4n) is 3.61. The van der Waals surface area contributed by atoms with Gasteiger partial charge in [0.05, 0.1) is 5.69 Å². The number of sulfonamides is 1. The number of hydrogen-bond donors (Lipinski definition) is 1. The maximum atomic E-state index is 13.4. The quantitative estimate of drug-likeness (QED) is 0.682. The lowest BCUT2D eigenvalue weighted by Gasteiger charge is -2.30. The largest absolute Gasteiger partial charge is 0.321 e. The summed E-state index contributed by atoms with van der Waals surface area (Å²) in [5, 5.41) is 2.78. The number of para-hydroxylation sites is 1. The summed E-state index contributed by atoms with van der Waals surface area (Å²) in [6, 6.07) is 21.9. The Morgan fingerprint density at radius 1 is 0.867 bits per heavy atom. The average molecular weight is 419 g/mol. The third kappa shape index (κ3) is 3.29. The van der Waals surface area contributed by atoms with E-state index in [9.17, 15) is 13.2 Å². The Kier molecular flexibility index (Phi) is 4.95. The second-order valence-corrected chi connectivity index (χ2v) is 9.22. The lowest BCUT2D eigenvalue weighted by atomic mass is 9.95. The van der Waals surface area contributed by atoms with Crippen LogP contribution in [0.15, 0.2) is 77.7 Å². The Labute approximate surface area is 176 Å². The molecule has 0 saturated heterocycles. The molecule has 6 heteroatoms. The molecule has 0 spiro atoms. The highest BCUT2D eigenvalue weighted by molar-refractivity contribution is 7.97. The van der Waals surface area contributed by atoms with Gasteiger partial charge in [-0.15, -0.1) is 0 Å². The number of amides is 1. The van der Waals surface area contributed by atoms with Gasteiger partial charge < -0.3 is 5.32 Å². The van der Waals surface area contributed by atoms with Crippen molar-refractivity contribution in [2.45, 2.75) is 13.8 Å². The smallest absolute Gasteiger partial charge is 0.270 e. The first-order valence-corrected chi connectivity index (χ1v) is 11.0. The number of fused-ring (bicyclic) bond motifs is 1. The Balaban J connectivity index is 1.95. The predicted octanol–water partition coefficient (Wildman–Crippen LogP) is 4.48. The number of nitrogens with one attached hydrogen (secondary N) is 1. The van der Waals surface area contributed by atoms with E-state index in [2.05, 4.69) is 5.32 Å². The molecule has 30 heavy (non-hydrogen) atoms. The van der Waals surface area contributed by atoms with Gasteiger partial charge in [-0.1, -0.05) is 54.6 Å².